The summed E-state index contributed by atoms with van der Waals surface area (Å²) in [6, 6.07) is 1.44. The summed E-state index contributed by atoms with van der Waals surface area (Å²) in [5, 5.41) is 13.8. The molecule has 0 atom stereocenters. The first-order valence-corrected chi connectivity index (χ1v) is 6.30. The van der Waals surface area contributed by atoms with Gasteiger partial charge >= 0.3 is 5.63 Å². The lowest BCUT2D eigenvalue weighted by molar-refractivity contribution is 0.174. The lowest BCUT2D eigenvalue weighted by Crippen LogP contribution is -2.16. The molecule has 0 aliphatic rings. The summed E-state index contributed by atoms with van der Waals surface area (Å²) in [6.07, 6.45) is 3.37. The zero-order valence-corrected chi connectivity index (χ0v) is 11.3. The number of aromatic hydroxyl groups is 1. The number of rotatable bonds is 7. The summed E-state index contributed by atoms with van der Waals surface area (Å²) in [7, 11) is 0. The van der Waals surface area contributed by atoms with Crippen molar-refractivity contribution < 1.29 is 14.4 Å². The molecule has 0 aliphatic carbocycles. The standard InChI is InChI=1S/C14H19NO4/c1-4-7-11(15-18-8-5-2)13-12(16)9-10(6-3)19-14(13)17/h5,9,16H,2,4,6-8H2,1,3H3. The Morgan fingerprint density at radius 3 is 2.84 bits per heavy atom. The van der Waals surface area contributed by atoms with E-state index in [9.17, 15) is 9.90 Å². The lowest BCUT2D eigenvalue weighted by Gasteiger charge is -2.07. The Bertz CT molecular complexity index is 517. The number of aryl methyl sites for hydroxylation is 1. The second kappa shape index (κ2) is 7.41. The summed E-state index contributed by atoms with van der Waals surface area (Å²) in [6.45, 7) is 7.54. The van der Waals surface area contributed by atoms with Crippen LogP contribution in [-0.2, 0) is 11.3 Å². The molecule has 0 unspecified atom stereocenters. The van der Waals surface area contributed by atoms with E-state index in [0.717, 1.165) is 6.42 Å². The van der Waals surface area contributed by atoms with E-state index in [1.807, 2.05) is 13.8 Å². The van der Waals surface area contributed by atoms with Crippen LogP contribution in [0.3, 0.4) is 0 Å². The van der Waals surface area contributed by atoms with Crippen molar-refractivity contribution in [2.24, 2.45) is 5.16 Å². The molecule has 0 amide bonds. The van der Waals surface area contributed by atoms with Crippen molar-refractivity contribution in [2.75, 3.05) is 6.61 Å². The first-order chi connectivity index (χ1) is 9.13. The molecule has 5 nitrogen and oxygen atoms in total. The van der Waals surface area contributed by atoms with Gasteiger partial charge in [0.05, 0.1) is 5.71 Å². The third kappa shape index (κ3) is 3.98. The monoisotopic (exact) mass is 265 g/mol. The van der Waals surface area contributed by atoms with Gasteiger partial charge in [-0.25, -0.2) is 4.79 Å². The van der Waals surface area contributed by atoms with Crippen LogP contribution in [-0.4, -0.2) is 17.4 Å². The average molecular weight is 265 g/mol. The van der Waals surface area contributed by atoms with E-state index in [2.05, 4.69) is 11.7 Å². The molecule has 0 spiro atoms. The van der Waals surface area contributed by atoms with E-state index >= 15 is 0 Å². The molecule has 0 aromatic carbocycles. The highest BCUT2D eigenvalue weighted by Gasteiger charge is 2.17. The number of nitrogens with zero attached hydrogens (tertiary/aromatic N) is 1. The van der Waals surface area contributed by atoms with Gasteiger partial charge in [0.25, 0.3) is 0 Å². The van der Waals surface area contributed by atoms with E-state index in [4.69, 9.17) is 9.25 Å². The Morgan fingerprint density at radius 1 is 1.58 bits per heavy atom. The molecule has 0 fully saturated rings. The SMILES string of the molecule is C=CCON=C(CCC)c1c(O)cc(CC)oc1=O. The van der Waals surface area contributed by atoms with Gasteiger partial charge in [-0.2, -0.15) is 0 Å². The Balaban J connectivity index is 3.19. The molecule has 1 aromatic heterocycles. The third-order valence-corrected chi connectivity index (χ3v) is 2.47. The fraction of sp³-hybridized carbons (Fsp3) is 0.429. The molecular weight excluding hydrogens is 246 g/mol. The van der Waals surface area contributed by atoms with Crippen LogP contribution >= 0.6 is 0 Å². The molecule has 0 radical (unpaired) electrons. The maximum Gasteiger partial charge on any atom is 0.349 e. The van der Waals surface area contributed by atoms with E-state index < -0.39 is 5.63 Å². The second-order valence-corrected chi connectivity index (χ2v) is 3.99. The molecule has 104 valence electrons. The van der Waals surface area contributed by atoms with Crippen LogP contribution in [0.4, 0.5) is 0 Å². The van der Waals surface area contributed by atoms with Crippen LogP contribution < -0.4 is 5.63 Å². The van der Waals surface area contributed by atoms with Gasteiger partial charge in [-0.05, 0) is 6.42 Å². The maximum atomic E-state index is 11.9. The lowest BCUT2D eigenvalue weighted by atomic mass is 10.1. The predicted octanol–water partition coefficient (Wildman–Crippen LogP) is 2.61. The smallest absolute Gasteiger partial charge is 0.349 e. The van der Waals surface area contributed by atoms with Crippen LogP contribution in [0, 0.1) is 0 Å². The summed E-state index contributed by atoms with van der Waals surface area (Å²) in [5.74, 6) is 0.316. The van der Waals surface area contributed by atoms with Crippen LogP contribution in [0.1, 0.15) is 38.0 Å². The van der Waals surface area contributed by atoms with Crippen LogP contribution in [0.25, 0.3) is 0 Å². The largest absolute Gasteiger partial charge is 0.507 e. The minimum Gasteiger partial charge on any atom is -0.507 e. The zero-order valence-electron chi connectivity index (χ0n) is 11.3. The van der Waals surface area contributed by atoms with Gasteiger partial charge in [-0.15, -0.1) is 0 Å². The molecule has 0 aliphatic heterocycles. The molecule has 0 saturated heterocycles. The quantitative estimate of drug-likeness (QED) is 0.356. The fourth-order valence-electron chi connectivity index (χ4n) is 1.59. The van der Waals surface area contributed by atoms with Crippen molar-refractivity contribution in [3.05, 3.63) is 40.5 Å². The molecular formula is C14H19NO4. The highest BCUT2D eigenvalue weighted by atomic mass is 16.6. The Hall–Kier alpha value is -2.04. The van der Waals surface area contributed by atoms with Crippen molar-refractivity contribution in [3.63, 3.8) is 0 Å². The molecule has 0 saturated carbocycles. The van der Waals surface area contributed by atoms with Gasteiger partial charge in [-0.3, -0.25) is 0 Å². The van der Waals surface area contributed by atoms with Gasteiger partial charge in [0, 0.05) is 12.5 Å². The van der Waals surface area contributed by atoms with E-state index in [-0.39, 0.29) is 17.9 Å². The van der Waals surface area contributed by atoms with Crippen molar-refractivity contribution in [3.8, 4) is 5.75 Å². The maximum absolute atomic E-state index is 11.9. The molecule has 1 aromatic rings. The Labute approximate surface area is 112 Å². The minimum absolute atomic E-state index is 0.0723. The van der Waals surface area contributed by atoms with Gasteiger partial charge in [0.15, 0.2) is 0 Å². The first kappa shape index (κ1) is 15.0. The number of oxime groups is 1. The van der Waals surface area contributed by atoms with Crippen molar-refractivity contribution in [1.82, 2.24) is 0 Å². The zero-order chi connectivity index (χ0) is 14.3. The fourth-order valence-corrected chi connectivity index (χ4v) is 1.59. The predicted molar refractivity (Wildman–Crippen MR) is 73.6 cm³/mol. The van der Waals surface area contributed by atoms with Gasteiger partial charge in [-0.1, -0.05) is 38.1 Å². The highest BCUT2D eigenvalue weighted by molar-refractivity contribution is 6.01. The van der Waals surface area contributed by atoms with Crippen LogP contribution in [0.5, 0.6) is 5.75 Å². The summed E-state index contributed by atoms with van der Waals surface area (Å²) < 4.78 is 5.10. The van der Waals surface area contributed by atoms with Crippen LogP contribution in [0.15, 0.2) is 33.1 Å². The van der Waals surface area contributed by atoms with Gasteiger partial charge in [0.1, 0.15) is 23.7 Å². The molecule has 0 bridgehead atoms. The molecule has 1 N–H and O–H groups in total. The Morgan fingerprint density at radius 2 is 2.32 bits per heavy atom. The molecule has 1 heterocycles. The van der Waals surface area contributed by atoms with Crippen molar-refractivity contribution in [2.45, 2.75) is 33.1 Å². The summed E-state index contributed by atoms with van der Waals surface area (Å²) >= 11 is 0. The summed E-state index contributed by atoms with van der Waals surface area (Å²) in [4.78, 5) is 16.9. The van der Waals surface area contributed by atoms with Gasteiger partial charge in [0.2, 0.25) is 0 Å². The molecule has 19 heavy (non-hydrogen) atoms. The number of hydrogen-bond acceptors (Lipinski definition) is 5. The first-order valence-electron chi connectivity index (χ1n) is 6.30. The minimum atomic E-state index is -0.591. The molecule has 1 rings (SSSR count). The normalized spacial score (nSPS) is 11.4. The summed E-state index contributed by atoms with van der Waals surface area (Å²) in [5.41, 5.74) is -0.132. The third-order valence-electron chi connectivity index (χ3n) is 2.47. The average Bonchev–Trinajstić information content (AvgIpc) is 2.38. The van der Waals surface area contributed by atoms with Crippen molar-refractivity contribution in [1.29, 1.82) is 0 Å². The van der Waals surface area contributed by atoms with E-state index in [1.54, 1.807) is 6.08 Å². The number of hydrogen-bond donors (Lipinski definition) is 1. The highest BCUT2D eigenvalue weighted by Crippen LogP contribution is 2.18. The topological polar surface area (TPSA) is 72.0 Å². The Kier molecular flexibility index (Phi) is 5.85. The van der Waals surface area contributed by atoms with E-state index in [1.165, 1.54) is 6.07 Å². The van der Waals surface area contributed by atoms with Gasteiger partial charge < -0.3 is 14.4 Å². The van der Waals surface area contributed by atoms with Crippen LogP contribution in [0.2, 0.25) is 0 Å². The van der Waals surface area contributed by atoms with Crippen molar-refractivity contribution >= 4 is 5.71 Å². The molecule has 5 heteroatoms. The second-order valence-electron chi connectivity index (χ2n) is 3.99. The van der Waals surface area contributed by atoms with E-state index in [0.29, 0.717) is 24.3 Å².